The van der Waals surface area contributed by atoms with Gasteiger partial charge in [-0.05, 0) is 29.3 Å². The molecule has 28 heavy (non-hydrogen) atoms. The van der Waals surface area contributed by atoms with Gasteiger partial charge in [-0.3, -0.25) is 9.69 Å². The molecule has 1 saturated heterocycles. The van der Waals surface area contributed by atoms with Crippen LogP contribution in [0.15, 0.2) is 36.4 Å². The van der Waals surface area contributed by atoms with Gasteiger partial charge in [-0.2, -0.15) is 0 Å². The van der Waals surface area contributed by atoms with Crippen molar-refractivity contribution in [3.63, 3.8) is 0 Å². The van der Waals surface area contributed by atoms with Crippen molar-refractivity contribution in [2.45, 2.75) is 13.0 Å². The SMILES string of the molecule is COc1ccc(C(=O)N2CCN(Cc3ccc4c(c3)CCO4)CC2)c(OC)c1. The molecule has 0 aliphatic carbocycles. The van der Waals surface area contributed by atoms with Crippen molar-refractivity contribution in [3.8, 4) is 17.2 Å². The number of carbonyl (C=O) groups is 1. The molecule has 0 bridgehead atoms. The number of fused-ring (bicyclic) bond motifs is 1. The highest BCUT2D eigenvalue weighted by Gasteiger charge is 2.25. The number of hydrogen-bond acceptors (Lipinski definition) is 5. The number of carbonyl (C=O) groups excluding carboxylic acids is 1. The summed E-state index contributed by atoms with van der Waals surface area (Å²) in [5.41, 5.74) is 3.19. The monoisotopic (exact) mass is 382 g/mol. The number of benzene rings is 2. The molecule has 0 spiro atoms. The number of hydrogen-bond donors (Lipinski definition) is 0. The predicted octanol–water partition coefficient (Wildman–Crippen LogP) is 2.60. The van der Waals surface area contributed by atoms with Crippen LogP contribution in [0, 0.1) is 0 Å². The van der Waals surface area contributed by atoms with Crippen molar-refractivity contribution in [2.24, 2.45) is 0 Å². The maximum atomic E-state index is 12.9. The molecule has 2 aliphatic heterocycles. The minimum Gasteiger partial charge on any atom is -0.497 e. The van der Waals surface area contributed by atoms with E-state index in [0.29, 0.717) is 30.2 Å². The first kappa shape index (κ1) is 18.6. The third-order valence-corrected chi connectivity index (χ3v) is 5.46. The Morgan fingerprint density at radius 2 is 1.86 bits per heavy atom. The Hall–Kier alpha value is -2.73. The number of rotatable bonds is 5. The summed E-state index contributed by atoms with van der Waals surface area (Å²) in [5, 5.41) is 0. The number of amides is 1. The third-order valence-electron chi connectivity index (χ3n) is 5.46. The van der Waals surface area contributed by atoms with Crippen LogP contribution in [0.2, 0.25) is 0 Å². The summed E-state index contributed by atoms with van der Waals surface area (Å²) < 4.78 is 16.2. The lowest BCUT2D eigenvalue weighted by Crippen LogP contribution is -2.48. The summed E-state index contributed by atoms with van der Waals surface area (Å²) in [4.78, 5) is 17.2. The average molecular weight is 382 g/mol. The molecular weight excluding hydrogens is 356 g/mol. The van der Waals surface area contributed by atoms with E-state index in [-0.39, 0.29) is 5.91 Å². The number of ether oxygens (including phenoxy) is 3. The van der Waals surface area contributed by atoms with Crippen LogP contribution in [0.25, 0.3) is 0 Å². The van der Waals surface area contributed by atoms with E-state index in [1.54, 1.807) is 32.4 Å². The van der Waals surface area contributed by atoms with E-state index in [0.717, 1.165) is 38.4 Å². The van der Waals surface area contributed by atoms with E-state index in [9.17, 15) is 4.79 Å². The summed E-state index contributed by atoms with van der Waals surface area (Å²) in [6.45, 7) is 4.83. The highest BCUT2D eigenvalue weighted by atomic mass is 16.5. The predicted molar refractivity (Wildman–Crippen MR) is 106 cm³/mol. The quantitative estimate of drug-likeness (QED) is 0.796. The average Bonchev–Trinajstić information content (AvgIpc) is 3.21. The molecule has 0 aromatic heterocycles. The maximum absolute atomic E-state index is 12.9. The minimum absolute atomic E-state index is 0.00818. The van der Waals surface area contributed by atoms with Crippen molar-refractivity contribution in [1.82, 2.24) is 9.80 Å². The van der Waals surface area contributed by atoms with E-state index >= 15 is 0 Å². The second kappa shape index (κ2) is 8.10. The zero-order valence-electron chi connectivity index (χ0n) is 16.4. The Bertz CT molecular complexity index is 860. The van der Waals surface area contributed by atoms with Gasteiger partial charge in [0.2, 0.25) is 0 Å². The fourth-order valence-electron chi connectivity index (χ4n) is 3.85. The zero-order chi connectivity index (χ0) is 19.5. The van der Waals surface area contributed by atoms with Crippen molar-refractivity contribution < 1.29 is 19.0 Å². The van der Waals surface area contributed by atoms with Gasteiger partial charge in [0.05, 0.1) is 26.4 Å². The molecule has 2 heterocycles. The number of piperazine rings is 1. The molecule has 1 amide bonds. The Labute approximate surface area is 165 Å². The van der Waals surface area contributed by atoms with Gasteiger partial charge in [-0.1, -0.05) is 12.1 Å². The molecule has 2 aromatic rings. The summed E-state index contributed by atoms with van der Waals surface area (Å²) in [5.74, 6) is 2.26. The van der Waals surface area contributed by atoms with E-state index in [2.05, 4.69) is 23.1 Å². The van der Waals surface area contributed by atoms with E-state index in [1.807, 2.05) is 4.90 Å². The maximum Gasteiger partial charge on any atom is 0.257 e. The summed E-state index contributed by atoms with van der Waals surface area (Å²) in [6.07, 6.45) is 0.995. The lowest BCUT2D eigenvalue weighted by Gasteiger charge is -2.35. The highest BCUT2D eigenvalue weighted by Crippen LogP contribution is 2.28. The molecule has 0 atom stereocenters. The third kappa shape index (κ3) is 3.78. The van der Waals surface area contributed by atoms with Gasteiger partial charge >= 0.3 is 0 Å². The van der Waals surface area contributed by atoms with Crippen LogP contribution in [0.1, 0.15) is 21.5 Å². The summed E-state index contributed by atoms with van der Waals surface area (Å²) in [7, 11) is 3.18. The Balaban J connectivity index is 1.37. The van der Waals surface area contributed by atoms with Gasteiger partial charge < -0.3 is 19.1 Å². The largest absolute Gasteiger partial charge is 0.497 e. The van der Waals surface area contributed by atoms with Crippen molar-refractivity contribution in [2.75, 3.05) is 47.0 Å². The standard InChI is InChI=1S/C22H26N2O4/c1-26-18-4-5-19(21(14-18)27-2)22(25)24-10-8-23(9-11-24)15-16-3-6-20-17(13-16)7-12-28-20/h3-6,13-14H,7-12,15H2,1-2H3. The van der Waals surface area contributed by atoms with Crippen LogP contribution in [0.5, 0.6) is 17.2 Å². The summed E-state index contributed by atoms with van der Waals surface area (Å²) >= 11 is 0. The van der Waals surface area contributed by atoms with Crippen LogP contribution in [-0.2, 0) is 13.0 Å². The van der Waals surface area contributed by atoms with Crippen LogP contribution in [0.4, 0.5) is 0 Å². The van der Waals surface area contributed by atoms with Gasteiger partial charge in [-0.25, -0.2) is 0 Å². The van der Waals surface area contributed by atoms with Gasteiger partial charge in [0.25, 0.3) is 5.91 Å². The summed E-state index contributed by atoms with van der Waals surface area (Å²) in [6, 6.07) is 11.8. The number of methoxy groups -OCH3 is 2. The van der Waals surface area contributed by atoms with Crippen molar-refractivity contribution >= 4 is 5.91 Å². The van der Waals surface area contributed by atoms with Crippen molar-refractivity contribution in [3.05, 3.63) is 53.1 Å². The van der Waals surface area contributed by atoms with Crippen LogP contribution >= 0.6 is 0 Å². The Morgan fingerprint density at radius 1 is 1.04 bits per heavy atom. The molecule has 0 unspecified atom stereocenters. The van der Waals surface area contributed by atoms with Crippen LogP contribution in [0.3, 0.4) is 0 Å². The van der Waals surface area contributed by atoms with Crippen LogP contribution < -0.4 is 14.2 Å². The van der Waals surface area contributed by atoms with Crippen LogP contribution in [-0.4, -0.2) is 62.7 Å². The second-order valence-corrected chi connectivity index (χ2v) is 7.18. The molecule has 1 fully saturated rings. The first-order valence-electron chi connectivity index (χ1n) is 9.66. The molecule has 4 rings (SSSR count). The topological polar surface area (TPSA) is 51.2 Å². The molecular formula is C22H26N2O4. The Kier molecular flexibility index (Phi) is 5.39. The first-order valence-corrected chi connectivity index (χ1v) is 9.66. The van der Waals surface area contributed by atoms with Gasteiger partial charge in [0.15, 0.2) is 0 Å². The fourth-order valence-corrected chi connectivity index (χ4v) is 3.85. The molecule has 6 heteroatoms. The second-order valence-electron chi connectivity index (χ2n) is 7.18. The Morgan fingerprint density at radius 3 is 2.61 bits per heavy atom. The van der Waals surface area contributed by atoms with E-state index in [4.69, 9.17) is 14.2 Å². The first-order chi connectivity index (χ1) is 13.7. The fraction of sp³-hybridized carbons (Fsp3) is 0.409. The molecule has 2 aromatic carbocycles. The van der Waals surface area contributed by atoms with E-state index in [1.165, 1.54) is 11.1 Å². The molecule has 0 radical (unpaired) electrons. The normalized spacial score (nSPS) is 16.4. The smallest absolute Gasteiger partial charge is 0.257 e. The van der Waals surface area contributed by atoms with Gasteiger partial charge in [-0.15, -0.1) is 0 Å². The van der Waals surface area contributed by atoms with Crippen molar-refractivity contribution in [1.29, 1.82) is 0 Å². The molecule has 148 valence electrons. The highest BCUT2D eigenvalue weighted by molar-refractivity contribution is 5.97. The van der Waals surface area contributed by atoms with Gasteiger partial charge in [0, 0.05) is 45.2 Å². The lowest BCUT2D eigenvalue weighted by molar-refractivity contribution is 0.0625. The van der Waals surface area contributed by atoms with E-state index < -0.39 is 0 Å². The minimum atomic E-state index is 0.00818. The molecule has 0 N–H and O–H groups in total. The molecule has 6 nitrogen and oxygen atoms in total. The number of nitrogens with zero attached hydrogens (tertiary/aromatic N) is 2. The molecule has 0 saturated carbocycles. The van der Waals surface area contributed by atoms with Gasteiger partial charge in [0.1, 0.15) is 17.2 Å². The zero-order valence-corrected chi connectivity index (χ0v) is 16.4. The lowest BCUT2D eigenvalue weighted by atomic mass is 10.1. The molecule has 2 aliphatic rings.